The predicted octanol–water partition coefficient (Wildman–Crippen LogP) is 7.72. The second kappa shape index (κ2) is 6.94. The van der Waals surface area contributed by atoms with Crippen molar-refractivity contribution in [1.29, 1.82) is 0 Å². The van der Waals surface area contributed by atoms with Crippen molar-refractivity contribution in [3.63, 3.8) is 0 Å². The van der Waals surface area contributed by atoms with Gasteiger partial charge in [0.25, 0.3) is 0 Å². The molecule has 0 bridgehead atoms. The first kappa shape index (κ1) is 20.6. The first-order valence-electron chi connectivity index (χ1n) is 11.0. The Labute approximate surface area is 181 Å². The number of hydrogen-bond acceptors (Lipinski definition) is 1. The fourth-order valence-electron chi connectivity index (χ4n) is 4.52. The molecule has 0 N–H and O–H groups in total. The van der Waals surface area contributed by atoms with E-state index in [0.717, 1.165) is 28.7 Å². The lowest BCUT2D eigenvalue weighted by Gasteiger charge is -2.26. The van der Waals surface area contributed by atoms with Crippen LogP contribution in [0.2, 0.25) is 0 Å². The highest BCUT2D eigenvalue weighted by molar-refractivity contribution is 6.22. The smallest absolute Gasteiger partial charge is 0.194 e. The average molecular weight is 397 g/mol. The minimum Gasteiger partial charge on any atom is -0.289 e. The molecule has 4 rings (SSSR count). The molecule has 0 aliphatic heterocycles. The molecule has 1 heteroatoms. The minimum absolute atomic E-state index is 0.0291. The zero-order chi connectivity index (χ0) is 21.8. The van der Waals surface area contributed by atoms with Crippen molar-refractivity contribution >= 4 is 5.78 Å². The monoisotopic (exact) mass is 396 g/mol. The van der Waals surface area contributed by atoms with Gasteiger partial charge in [0.2, 0.25) is 0 Å². The lowest BCUT2D eigenvalue weighted by Crippen LogP contribution is -2.14. The standard InChI is InChI=1S/C29H32O/c1-8-18-11-9-10-12-20(18)24-16-25-23(17-26(24)29(5,6)7)22-15-19(28(2,3)4)13-14-21(22)27(25)30/h9-17H,8H2,1-7H3. The van der Waals surface area contributed by atoms with Gasteiger partial charge in [0, 0.05) is 11.1 Å². The van der Waals surface area contributed by atoms with E-state index >= 15 is 0 Å². The van der Waals surface area contributed by atoms with Crippen LogP contribution in [0.5, 0.6) is 0 Å². The largest absolute Gasteiger partial charge is 0.289 e. The Hall–Kier alpha value is -2.67. The number of carbonyl (C=O) groups excluding carboxylic acids is 1. The van der Waals surface area contributed by atoms with Gasteiger partial charge in [0.1, 0.15) is 0 Å². The quantitative estimate of drug-likeness (QED) is 0.339. The van der Waals surface area contributed by atoms with E-state index in [1.54, 1.807) is 0 Å². The molecule has 0 atom stereocenters. The SMILES string of the molecule is CCc1ccccc1-c1cc2c(cc1C(C)(C)C)-c1cc(C(C)(C)C)ccc1C2=O. The fourth-order valence-corrected chi connectivity index (χ4v) is 4.52. The average Bonchev–Trinajstić information content (AvgIpc) is 2.97. The van der Waals surface area contributed by atoms with Gasteiger partial charge in [-0.15, -0.1) is 0 Å². The highest BCUT2D eigenvalue weighted by atomic mass is 16.1. The molecule has 0 spiro atoms. The van der Waals surface area contributed by atoms with E-state index in [2.05, 4.69) is 97.0 Å². The molecule has 1 aliphatic carbocycles. The first-order chi connectivity index (χ1) is 14.0. The number of rotatable bonds is 2. The normalized spacial score (nSPS) is 13.4. The van der Waals surface area contributed by atoms with Crippen molar-refractivity contribution in [2.45, 2.75) is 65.7 Å². The maximum Gasteiger partial charge on any atom is 0.194 e. The summed E-state index contributed by atoms with van der Waals surface area (Å²) in [5.41, 5.74) is 10.2. The molecule has 0 radical (unpaired) electrons. The van der Waals surface area contributed by atoms with Gasteiger partial charge in [-0.2, -0.15) is 0 Å². The van der Waals surface area contributed by atoms with Crippen LogP contribution in [0, 0.1) is 0 Å². The van der Waals surface area contributed by atoms with Crippen molar-refractivity contribution in [2.75, 3.05) is 0 Å². The van der Waals surface area contributed by atoms with Gasteiger partial charge in [0.05, 0.1) is 0 Å². The summed E-state index contributed by atoms with van der Waals surface area (Å²) in [7, 11) is 0. The van der Waals surface area contributed by atoms with Gasteiger partial charge in [-0.3, -0.25) is 4.79 Å². The van der Waals surface area contributed by atoms with E-state index in [4.69, 9.17) is 0 Å². The third kappa shape index (κ3) is 3.31. The fraction of sp³-hybridized carbons (Fsp3) is 0.345. The van der Waals surface area contributed by atoms with E-state index in [0.29, 0.717) is 0 Å². The minimum atomic E-state index is -0.0291. The Morgan fingerprint density at radius 3 is 1.93 bits per heavy atom. The van der Waals surface area contributed by atoms with Gasteiger partial charge in [0.15, 0.2) is 5.78 Å². The topological polar surface area (TPSA) is 17.1 Å². The summed E-state index contributed by atoms with van der Waals surface area (Å²) in [6.07, 6.45) is 0.972. The first-order valence-corrected chi connectivity index (χ1v) is 11.0. The number of benzene rings is 3. The zero-order valence-corrected chi connectivity index (χ0v) is 19.3. The molecule has 0 amide bonds. The summed E-state index contributed by atoms with van der Waals surface area (Å²) >= 11 is 0. The Kier molecular flexibility index (Phi) is 4.77. The summed E-state index contributed by atoms with van der Waals surface area (Å²) in [6.45, 7) is 15.6. The van der Waals surface area contributed by atoms with Crippen molar-refractivity contribution in [3.8, 4) is 22.3 Å². The molecule has 3 aromatic rings. The lowest BCUT2D eigenvalue weighted by atomic mass is 9.78. The molecular weight excluding hydrogens is 364 g/mol. The van der Waals surface area contributed by atoms with Crippen LogP contribution in [-0.2, 0) is 17.3 Å². The van der Waals surface area contributed by atoms with E-state index in [-0.39, 0.29) is 16.6 Å². The van der Waals surface area contributed by atoms with Gasteiger partial charge in [-0.05, 0) is 74.4 Å². The van der Waals surface area contributed by atoms with E-state index in [9.17, 15) is 4.79 Å². The maximum absolute atomic E-state index is 13.3. The summed E-state index contributed by atoms with van der Waals surface area (Å²) < 4.78 is 0. The number of carbonyl (C=O) groups is 1. The maximum atomic E-state index is 13.3. The number of aryl methyl sites for hydroxylation is 1. The van der Waals surface area contributed by atoms with E-state index < -0.39 is 0 Å². The van der Waals surface area contributed by atoms with E-state index in [1.807, 2.05) is 6.07 Å². The van der Waals surface area contributed by atoms with Gasteiger partial charge < -0.3 is 0 Å². The highest BCUT2D eigenvalue weighted by Gasteiger charge is 2.32. The second-order valence-corrected chi connectivity index (χ2v) is 10.5. The van der Waals surface area contributed by atoms with Crippen LogP contribution < -0.4 is 0 Å². The molecule has 1 nitrogen and oxygen atoms in total. The Morgan fingerprint density at radius 2 is 1.30 bits per heavy atom. The summed E-state index contributed by atoms with van der Waals surface area (Å²) in [5.74, 6) is 0.149. The van der Waals surface area contributed by atoms with Crippen molar-refractivity contribution in [2.24, 2.45) is 0 Å². The van der Waals surface area contributed by atoms with Gasteiger partial charge >= 0.3 is 0 Å². The van der Waals surface area contributed by atoms with Crippen LogP contribution in [-0.4, -0.2) is 5.78 Å². The second-order valence-electron chi connectivity index (χ2n) is 10.5. The predicted molar refractivity (Wildman–Crippen MR) is 128 cm³/mol. The molecule has 3 aromatic carbocycles. The molecule has 154 valence electrons. The zero-order valence-electron chi connectivity index (χ0n) is 19.3. The molecule has 0 heterocycles. The lowest BCUT2D eigenvalue weighted by molar-refractivity contribution is 0.104. The molecule has 0 saturated carbocycles. The van der Waals surface area contributed by atoms with Crippen LogP contribution in [0.3, 0.4) is 0 Å². The number of fused-ring (bicyclic) bond motifs is 3. The summed E-state index contributed by atoms with van der Waals surface area (Å²) in [6, 6.07) is 19.4. The molecule has 0 saturated heterocycles. The van der Waals surface area contributed by atoms with Crippen LogP contribution in [0.1, 0.15) is 81.1 Å². The summed E-state index contributed by atoms with van der Waals surface area (Å²) in [5, 5.41) is 0. The summed E-state index contributed by atoms with van der Waals surface area (Å²) in [4.78, 5) is 13.3. The Balaban J connectivity index is 2.01. The van der Waals surface area contributed by atoms with Gasteiger partial charge in [-0.25, -0.2) is 0 Å². The third-order valence-electron chi connectivity index (χ3n) is 6.32. The number of ketones is 1. The van der Waals surface area contributed by atoms with Crippen LogP contribution in [0.15, 0.2) is 54.6 Å². The molecule has 1 aliphatic rings. The molecule has 0 aromatic heterocycles. The van der Waals surface area contributed by atoms with Crippen molar-refractivity contribution in [1.82, 2.24) is 0 Å². The Morgan fingerprint density at radius 1 is 0.633 bits per heavy atom. The van der Waals surface area contributed by atoms with Crippen molar-refractivity contribution in [3.05, 3.63) is 82.4 Å². The van der Waals surface area contributed by atoms with Crippen LogP contribution in [0.4, 0.5) is 0 Å². The number of hydrogen-bond donors (Lipinski definition) is 0. The van der Waals surface area contributed by atoms with E-state index in [1.165, 1.54) is 27.8 Å². The molecule has 0 fully saturated rings. The highest BCUT2D eigenvalue weighted by Crippen LogP contribution is 2.45. The van der Waals surface area contributed by atoms with Crippen LogP contribution >= 0.6 is 0 Å². The van der Waals surface area contributed by atoms with Crippen LogP contribution in [0.25, 0.3) is 22.3 Å². The molecular formula is C29H32O. The van der Waals surface area contributed by atoms with Gasteiger partial charge in [-0.1, -0.05) is 84.9 Å². The Bertz CT molecular complexity index is 1150. The van der Waals surface area contributed by atoms with Crippen molar-refractivity contribution < 1.29 is 4.79 Å². The molecule has 0 unspecified atom stereocenters. The molecule has 30 heavy (non-hydrogen) atoms. The third-order valence-corrected chi connectivity index (χ3v) is 6.32.